The Morgan fingerprint density at radius 3 is 2.53 bits per heavy atom. The number of nitrogens with one attached hydrogen (secondary N) is 1. The van der Waals surface area contributed by atoms with Gasteiger partial charge in [0.15, 0.2) is 0 Å². The second-order valence-corrected chi connectivity index (χ2v) is 6.85. The second kappa shape index (κ2) is 3.76. The third kappa shape index (κ3) is 1.95. The van der Waals surface area contributed by atoms with Crippen LogP contribution in [0.3, 0.4) is 0 Å². The Balaban J connectivity index is 1.79. The molecule has 15 heavy (non-hydrogen) atoms. The summed E-state index contributed by atoms with van der Waals surface area (Å²) in [6, 6.07) is 0. The summed E-state index contributed by atoms with van der Waals surface area (Å²) < 4.78 is 0. The highest BCUT2D eigenvalue weighted by Gasteiger charge is 2.63. The van der Waals surface area contributed by atoms with Crippen LogP contribution in [0.25, 0.3) is 0 Å². The smallest absolute Gasteiger partial charge is 0.00147 e. The van der Waals surface area contributed by atoms with E-state index in [0.717, 1.165) is 17.3 Å². The molecule has 1 nitrogen and oxygen atoms in total. The van der Waals surface area contributed by atoms with Crippen LogP contribution in [0.2, 0.25) is 0 Å². The highest BCUT2D eigenvalue weighted by Crippen LogP contribution is 2.70. The van der Waals surface area contributed by atoms with Gasteiger partial charge in [-0.2, -0.15) is 0 Å². The van der Waals surface area contributed by atoms with E-state index >= 15 is 0 Å². The van der Waals surface area contributed by atoms with Gasteiger partial charge in [-0.25, -0.2) is 0 Å². The molecule has 0 saturated heterocycles. The lowest BCUT2D eigenvalue weighted by Crippen LogP contribution is -2.27. The van der Waals surface area contributed by atoms with Crippen LogP contribution in [-0.2, 0) is 0 Å². The summed E-state index contributed by atoms with van der Waals surface area (Å²) in [7, 11) is 0. The van der Waals surface area contributed by atoms with Crippen molar-refractivity contribution in [1.82, 2.24) is 5.32 Å². The van der Waals surface area contributed by atoms with E-state index in [-0.39, 0.29) is 0 Å². The number of rotatable bonds is 4. The van der Waals surface area contributed by atoms with Gasteiger partial charge in [-0.15, -0.1) is 0 Å². The summed E-state index contributed by atoms with van der Waals surface area (Å²) in [4.78, 5) is 0. The molecule has 0 bridgehead atoms. The predicted molar refractivity (Wildman–Crippen MR) is 65.9 cm³/mol. The zero-order chi connectivity index (χ0) is 11.1. The van der Waals surface area contributed by atoms with E-state index in [2.05, 4.69) is 33.0 Å². The first-order chi connectivity index (χ1) is 6.98. The van der Waals surface area contributed by atoms with Crippen LogP contribution in [0.1, 0.15) is 53.4 Å². The molecule has 2 aliphatic carbocycles. The van der Waals surface area contributed by atoms with E-state index in [1.54, 1.807) is 0 Å². The normalized spacial score (nSPS) is 37.8. The van der Waals surface area contributed by atoms with Crippen molar-refractivity contribution in [3.8, 4) is 0 Å². The number of hydrogen-bond donors (Lipinski definition) is 1. The van der Waals surface area contributed by atoms with Crippen LogP contribution in [0, 0.1) is 22.7 Å². The third-order valence-corrected chi connectivity index (χ3v) is 4.95. The van der Waals surface area contributed by atoms with Crippen molar-refractivity contribution >= 4 is 0 Å². The van der Waals surface area contributed by atoms with Gasteiger partial charge < -0.3 is 5.32 Å². The van der Waals surface area contributed by atoms with E-state index in [1.165, 1.54) is 38.8 Å². The summed E-state index contributed by atoms with van der Waals surface area (Å²) in [5, 5.41) is 3.64. The second-order valence-electron chi connectivity index (χ2n) is 6.85. The maximum Gasteiger partial charge on any atom is -0.00147 e. The van der Waals surface area contributed by atoms with Crippen molar-refractivity contribution in [2.75, 3.05) is 13.1 Å². The van der Waals surface area contributed by atoms with E-state index in [4.69, 9.17) is 0 Å². The Morgan fingerprint density at radius 1 is 1.27 bits per heavy atom. The van der Waals surface area contributed by atoms with E-state index in [9.17, 15) is 0 Å². The Labute approximate surface area is 95.0 Å². The molecule has 2 unspecified atom stereocenters. The first-order valence-electron chi connectivity index (χ1n) is 6.69. The first-order valence-corrected chi connectivity index (χ1v) is 6.69. The third-order valence-electron chi connectivity index (χ3n) is 4.95. The lowest BCUT2D eigenvalue weighted by atomic mass is 9.77. The fourth-order valence-electron chi connectivity index (χ4n) is 3.76. The molecule has 0 aromatic heterocycles. The average molecular weight is 209 g/mol. The van der Waals surface area contributed by atoms with Gasteiger partial charge in [0.25, 0.3) is 0 Å². The van der Waals surface area contributed by atoms with Crippen LogP contribution in [-0.4, -0.2) is 13.1 Å². The Bertz CT molecular complexity index is 231. The van der Waals surface area contributed by atoms with Gasteiger partial charge in [0.2, 0.25) is 0 Å². The van der Waals surface area contributed by atoms with Gasteiger partial charge in [0.1, 0.15) is 0 Å². The molecule has 88 valence electrons. The fourth-order valence-corrected chi connectivity index (χ4v) is 3.76. The molecular formula is C14H27N. The molecule has 2 rings (SSSR count). The van der Waals surface area contributed by atoms with Crippen molar-refractivity contribution in [2.45, 2.75) is 53.4 Å². The van der Waals surface area contributed by atoms with Crippen LogP contribution < -0.4 is 5.32 Å². The monoisotopic (exact) mass is 209 g/mol. The van der Waals surface area contributed by atoms with Crippen molar-refractivity contribution < 1.29 is 0 Å². The summed E-state index contributed by atoms with van der Waals surface area (Å²) in [5.74, 6) is 1.77. The molecule has 1 heteroatoms. The quantitative estimate of drug-likeness (QED) is 0.748. The highest BCUT2D eigenvalue weighted by molar-refractivity contribution is 5.13. The minimum Gasteiger partial charge on any atom is -0.316 e. The molecule has 2 saturated carbocycles. The van der Waals surface area contributed by atoms with Gasteiger partial charge in [0.05, 0.1) is 0 Å². The molecule has 2 fully saturated rings. The lowest BCUT2D eigenvalue weighted by molar-refractivity contribution is 0.211. The molecule has 0 aliphatic heterocycles. The Morgan fingerprint density at radius 2 is 2.00 bits per heavy atom. The minimum atomic E-state index is 0.622. The zero-order valence-corrected chi connectivity index (χ0v) is 10.9. The van der Waals surface area contributed by atoms with E-state index < -0.39 is 0 Å². The SMILES string of the molecule is CC(C)CNCC1CC12CCCC2(C)C. The largest absolute Gasteiger partial charge is 0.316 e. The van der Waals surface area contributed by atoms with Gasteiger partial charge in [0, 0.05) is 0 Å². The van der Waals surface area contributed by atoms with Crippen LogP contribution >= 0.6 is 0 Å². The van der Waals surface area contributed by atoms with Crippen LogP contribution in [0.15, 0.2) is 0 Å². The minimum absolute atomic E-state index is 0.622. The number of hydrogen-bond acceptors (Lipinski definition) is 1. The molecule has 2 aliphatic rings. The van der Waals surface area contributed by atoms with Crippen molar-refractivity contribution in [3.63, 3.8) is 0 Å². The van der Waals surface area contributed by atoms with Gasteiger partial charge in [-0.1, -0.05) is 34.1 Å². The lowest BCUT2D eigenvalue weighted by Gasteiger charge is -2.28. The molecular weight excluding hydrogens is 182 g/mol. The molecule has 0 amide bonds. The van der Waals surface area contributed by atoms with Crippen molar-refractivity contribution in [3.05, 3.63) is 0 Å². The summed E-state index contributed by atoms with van der Waals surface area (Å²) >= 11 is 0. The van der Waals surface area contributed by atoms with Crippen molar-refractivity contribution in [1.29, 1.82) is 0 Å². The maximum absolute atomic E-state index is 3.64. The predicted octanol–water partition coefficient (Wildman–Crippen LogP) is 3.45. The Kier molecular flexibility index (Phi) is 2.87. The average Bonchev–Trinajstić information content (AvgIpc) is 2.71. The summed E-state index contributed by atoms with van der Waals surface area (Å²) in [5.41, 5.74) is 1.36. The Hall–Kier alpha value is -0.0400. The molecule has 2 atom stereocenters. The maximum atomic E-state index is 3.64. The van der Waals surface area contributed by atoms with Crippen molar-refractivity contribution in [2.24, 2.45) is 22.7 Å². The molecule has 0 radical (unpaired) electrons. The van der Waals surface area contributed by atoms with Crippen LogP contribution in [0.5, 0.6) is 0 Å². The topological polar surface area (TPSA) is 12.0 Å². The van der Waals surface area contributed by atoms with Gasteiger partial charge in [-0.05, 0) is 55.0 Å². The highest BCUT2D eigenvalue weighted by atomic mass is 14.9. The molecule has 1 spiro atoms. The van der Waals surface area contributed by atoms with Gasteiger partial charge in [-0.3, -0.25) is 0 Å². The fraction of sp³-hybridized carbons (Fsp3) is 1.00. The summed E-state index contributed by atoms with van der Waals surface area (Å²) in [6.45, 7) is 12.0. The van der Waals surface area contributed by atoms with E-state index in [0.29, 0.717) is 5.41 Å². The standard InChI is InChI=1S/C14H27N/c1-11(2)9-15-10-12-8-14(12)7-5-6-13(14,3)4/h11-12,15H,5-10H2,1-4H3. The summed E-state index contributed by atoms with van der Waals surface area (Å²) in [6.07, 6.45) is 5.90. The molecule has 0 aromatic carbocycles. The molecule has 0 aromatic rings. The zero-order valence-electron chi connectivity index (χ0n) is 10.9. The van der Waals surface area contributed by atoms with Gasteiger partial charge >= 0.3 is 0 Å². The molecule has 1 N–H and O–H groups in total. The van der Waals surface area contributed by atoms with E-state index in [1.807, 2.05) is 0 Å². The van der Waals surface area contributed by atoms with Crippen LogP contribution in [0.4, 0.5) is 0 Å². The molecule has 0 heterocycles. The first kappa shape index (κ1) is 11.4.